The summed E-state index contributed by atoms with van der Waals surface area (Å²) in [6.45, 7) is 5.31. The Hall–Kier alpha value is -3.46. The number of nitrogens with zero attached hydrogens (tertiary/aromatic N) is 4. The molecule has 1 aromatic heterocycles. The summed E-state index contributed by atoms with van der Waals surface area (Å²) in [6.07, 6.45) is -7.05. The van der Waals surface area contributed by atoms with Gasteiger partial charge < -0.3 is 4.74 Å². The highest BCUT2D eigenvalue weighted by atomic mass is 19.4. The second kappa shape index (κ2) is 10.3. The van der Waals surface area contributed by atoms with Gasteiger partial charge in [0, 0.05) is 29.9 Å². The van der Waals surface area contributed by atoms with Gasteiger partial charge in [-0.25, -0.2) is 9.67 Å². The van der Waals surface area contributed by atoms with Crippen LogP contribution in [-0.4, -0.2) is 63.3 Å². The number of hydrogen-bond donors (Lipinski definition) is 2. The number of carbonyl (C=O) groups is 2. The highest BCUT2D eigenvalue weighted by Gasteiger charge is 2.37. The Morgan fingerprint density at radius 2 is 1.72 bits per heavy atom. The number of nitrogens with one attached hydrogen (secondary N) is 2. The molecule has 1 aromatic carbocycles. The summed E-state index contributed by atoms with van der Waals surface area (Å²) in [5.74, 6) is -1.65. The average Bonchev–Trinajstić information content (AvgIpc) is 3.25. The third-order valence-electron chi connectivity index (χ3n) is 5.21. The zero-order chi connectivity index (χ0) is 26.7. The molecule has 2 N–H and O–H groups in total. The second-order valence-corrected chi connectivity index (χ2v) is 8.48. The normalized spacial score (nSPS) is 16.8. The van der Waals surface area contributed by atoms with Crippen molar-refractivity contribution < 1.29 is 40.7 Å². The molecule has 0 atom stereocenters. The summed E-state index contributed by atoms with van der Waals surface area (Å²) in [7, 11) is 0. The van der Waals surface area contributed by atoms with E-state index in [1.165, 1.54) is 0 Å². The van der Waals surface area contributed by atoms with Crippen molar-refractivity contribution >= 4 is 18.0 Å². The van der Waals surface area contributed by atoms with E-state index in [9.17, 15) is 35.9 Å². The van der Waals surface area contributed by atoms with Gasteiger partial charge in [-0.3, -0.25) is 25.3 Å². The molecule has 15 heteroatoms. The van der Waals surface area contributed by atoms with E-state index in [1.807, 2.05) is 18.7 Å². The molecule has 0 radical (unpaired) electrons. The van der Waals surface area contributed by atoms with Crippen molar-refractivity contribution in [1.82, 2.24) is 30.5 Å². The van der Waals surface area contributed by atoms with Crippen molar-refractivity contribution in [2.24, 2.45) is 0 Å². The van der Waals surface area contributed by atoms with Crippen molar-refractivity contribution in [3.63, 3.8) is 0 Å². The average molecular weight is 520 g/mol. The highest BCUT2D eigenvalue weighted by molar-refractivity contribution is 5.91. The first-order chi connectivity index (χ1) is 16.6. The Bertz CT molecular complexity index is 1110. The molecule has 9 nitrogen and oxygen atoms in total. The van der Waals surface area contributed by atoms with E-state index in [-0.39, 0.29) is 18.2 Å². The first kappa shape index (κ1) is 27.1. The van der Waals surface area contributed by atoms with Crippen LogP contribution in [0.3, 0.4) is 0 Å². The van der Waals surface area contributed by atoms with E-state index in [1.54, 1.807) is 0 Å². The summed E-state index contributed by atoms with van der Waals surface area (Å²) in [4.78, 5) is 29.7. The molecule has 0 spiro atoms. The second-order valence-electron chi connectivity index (χ2n) is 8.48. The van der Waals surface area contributed by atoms with Crippen LogP contribution < -0.4 is 10.9 Å². The molecule has 2 heterocycles. The van der Waals surface area contributed by atoms with Crippen LogP contribution in [-0.2, 0) is 26.7 Å². The van der Waals surface area contributed by atoms with Crippen LogP contribution in [0, 0.1) is 0 Å². The summed E-state index contributed by atoms with van der Waals surface area (Å²) in [5, 5.41) is 3.79. The first-order valence-electron chi connectivity index (χ1n) is 10.5. The lowest BCUT2D eigenvalue weighted by atomic mass is 10.0. The summed E-state index contributed by atoms with van der Waals surface area (Å²) < 4.78 is 84.6. The molecule has 1 saturated heterocycles. The molecule has 1 fully saturated rings. The molecule has 2 aromatic rings. The highest BCUT2D eigenvalue weighted by Crippen LogP contribution is 2.38. The van der Waals surface area contributed by atoms with Crippen molar-refractivity contribution in [1.29, 1.82) is 0 Å². The molecule has 2 amide bonds. The van der Waals surface area contributed by atoms with Gasteiger partial charge in [0.15, 0.2) is 5.82 Å². The third-order valence-corrected chi connectivity index (χ3v) is 5.21. The van der Waals surface area contributed by atoms with Gasteiger partial charge in [-0.05, 0) is 32.0 Å². The Balaban J connectivity index is 1.63. The van der Waals surface area contributed by atoms with Gasteiger partial charge in [0.05, 0.1) is 30.9 Å². The minimum Gasteiger partial charge on any atom is -0.378 e. The first-order valence-corrected chi connectivity index (χ1v) is 10.5. The monoisotopic (exact) mass is 520 g/mol. The lowest BCUT2D eigenvalue weighted by Crippen LogP contribution is -2.57. The van der Waals surface area contributed by atoms with E-state index in [4.69, 9.17) is 4.74 Å². The largest absolute Gasteiger partial charge is 0.416 e. The third kappa shape index (κ3) is 7.04. The number of rotatable bonds is 5. The number of hydrogen-bond acceptors (Lipinski definition) is 6. The fourth-order valence-electron chi connectivity index (χ4n) is 3.28. The number of halogens is 6. The molecule has 196 valence electrons. The van der Waals surface area contributed by atoms with Gasteiger partial charge >= 0.3 is 12.4 Å². The standard InChI is InChI=1S/C21H22F6N6O3/c1-19(2)11-36-6-5-32(19)10-17(35)30-29-16(34)3-4-33-12-28-18(31-33)13-7-14(20(22,23)24)9-15(8-13)21(25,26)27/h3-4,7-9,12H,5-6,10-11H2,1-2H3,(H,29,34)(H,30,35). The maximum atomic E-state index is 13.1. The molecular formula is C21H22F6N6O3. The minimum atomic E-state index is -5.02. The number of morpholine rings is 1. The fourth-order valence-corrected chi connectivity index (χ4v) is 3.28. The fraction of sp³-hybridized carbons (Fsp3) is 0.429. The molecule has 0 aliphatic carbocycles. The zero-order valence-electron chi connectivity index (χ0n) is 19.1. The molecular weight excluding hydrogens is 498 g/mol. The van der Waals surface area contributed by atoms with E-state index < -0.39 is 46.7 Å². The minimum absolute atomic E-state index is 0.000922. The van der Waals surface area contributed by atoms with Crippen molar-refractivity contribution in [2.45, 2.75) is 31.7 Å². The summed E-state index contributed by atoms with van der Waals surface area (Å²) in [6, 6.07) is 0.992. The maximum absolute atomic E-state index is 13.1. The number of ether oxygens (including phenoxy) is 1. The molecule has 0 bridgehead atoms. The van der Waals surface area contributed by atoms with Crippen molar-refractivity contribution in [2.75, 3.05) is 26.3 Å². The van der Waals surface area contributed by atoms with Gasteiger partial charge in [-0.1, -0.05) is 0 Å². The van der Waals surface area contributed by atoms with Gasteiger partial charge in [0.25, 0.3) is 11.8 Å². The smallest absolute Gasteiger partial charge is 0.378 e. The van der Waals surface area contributed by atoms with E-state index in [2.05, 4.69) is 20.9 Å². The van der Waals surface area contributed by atoms with Crippen LogP contribution in [0.15, 0.2) is 30.6 Å². The predicted octanol–water partition coefficient (Wildman–Crippen LogP) is 2.71. The number of amides is 2. The number of alkyl halides is 6. The molecule has 0 unspecified atom stereocenters. The number of aromatic nitrogens is 3. The van der Waals surface area contributed by atoms with Crippen LogP contribution in [0.5, 0.6) is 0 Å². The Kier molecular flexibility index (Phi) is 7.73. The number of hydrazine groups is 1. The lowest BCUT2D eigenvalue weighted by Gasteiger charge is -2.41. The van der Waals surface area contributed by atoms with E-state index in [0.29, 0.717) is 31.9 Å². The Morgan fingerprint density at radius 1 is 1.08 bits per heavy atom. The van der Waals surface area contributed by atoms with Gasteiger partial charge in [0.1, 0.15) is 6.33 Å². The Labute approximate surface area is 201 Å². The van der Waals surface area contributed by atoms with Crippen LogP contribution in [0.1, 0.15) is 25.0 Å². The summed E-state index contributed by atoms with van der Waals surface area (Å²) >= 11 is 0. The number of carbonyl (C=O) groups excluding carboxylic acids is 2. The SMILES string of the molecule is CC1(C)COCCN1CC(=O)NNC(=O)C=Cn1cnc(-c2cc(C(F)(F)F)cc(C(F)(F)F)c2)n1. The van der Waals surface area contributed by atoms with Crippen LogP contribution in [0.25, 0.3) is 17.6 Å². The molecule has 1 aliphatic rings. The quantitative estimate of drug-likeness (QED) is 0.357. The molecule has 0 saturated carbocycles. The topological polar surface area (TPSA) is 101 Å². The maximum Gasteiger partial charge on any atom is 0.416 e. The zero-order valence-corrected chi connectivity index (χ0v) is 19.1. The van der Waals surface area contributed by atoms with Gasteiger partial charge in [-0.2, -0.15) is 26.3 Å². The van der Waals surface area contributed by atoms with Gasteiger partial charge in [0.2, 0.25) is 0 Å². The predicted molar refractivity (Wildman–Crippen MR) is 114 cm³/mol. The van der Waals surface area contributed by atoms with Crippen molar-refractivity contribution in [3.05, 3.63) is 41.7 Å². The molecule has 3 rings (SSSR count). The van der Waals surface area contributed by atoms with E-state index >= 15 is 0 Å². The van der Waals surface area contributed by atoms with E-state index in [0.717, 1.165) is 23.3 Å². The molecule has 1 aliphatic heterocycles. The van der Waals surface area contributed by atoms with Crippen LogP contribution in [0.2, 0.25) is 0 Å². The number of benzene rings is 1. The van der Waals surface area contributed by atoms with Crippen LogP contribution >= 0.6 is 0 Å². The van der Waals surface area contributed by atoms with Crippen molar-refractivity contribution in [3.8, 4) is 11.4 Å². The van der Waals surface area contributed by atoms with Crippen LogP contribution in [0.4, 0.5) is 26.3 Å². The lowest BCUT2D eigenvalue weighted by molar-refractivity contribution is -0.143. The molecule has 36 heavy (non-hydrogen) atoms. The van der Waals surface area contributed by atoms with Gasteiger partial charge in [-0.15, -0.1) is 5.10 Å². The summed E-state index contributed by atoms with van der Waals surface area (Å²) in [5.41, 5.74) is 0.533. The Morgan fingerprint density at radius 3 is 2.31 bits per heavy atom.